The summed E-state index contributed by atoms with van der Waals surface area (Å²) in [6.07, 6.45) is 3.79. The van der Waals surface area contributed by atoms with E-state index in [0.29, 0.717) is 12.8 Å². The Morgan fingerprint density at radius 3 is 2.50 bits per heavy atom. The molecular weight excluding hydrogens is 362 g/mol. The molecule has 2 atom stereocenters. The first kappa shape index (κ1) is 17.4. The van der Waals surface area contributed by atoms with Crippen LogP contribution in [0.25, 0.3) is 0 Å². The minimum absolute atomic E-state index is 0.237. The van der Waals surface area contributed by atoms with Crippen LogP contribution >= 0.6 is 15.9 Å². The molecule has 0 bridgehead atoms. The second kappa shape index (κ2) is 7.64. The van der Waals surface area contributed by atoms with E-state index < -0.39 is 0 Å². The summed E-state index contributed by atoms with van der Waals surface area (Å²) in [4.78, 5) is 2.40. The summed E-state index contributed by atoms with van der Waals surface area (Å²) < 4.78 is 7.53. The molecule has 2 aromatic carbocycles. The van der Waals surface area contributed by atoms with E-state index in [4.69, 9.17) is 4.74 Å². The van der Waals surface area contributed by atoms with E-state index in [0.717, 1.165) is 23.9 Å². The van der Waals surface area contributed by atoms with Gasteiger partial charge in [-0.1, -0.05) is 64.5 Å². The van der Waals surface area contributed by atoms with Crippen molar-refractivity contribution >= 4 is 15.9 Å². The summed E-state index contributed by atoms with van der Waals surface area (Å²) in [6, 6.07) is 19.4. The Balaban J connectivity index is 1.73. The first-order chi connectivity index (χ1) is 11.6. The lowest BCUT2D eigenvalue weighted by atomic mass is 9.85. The largest absolute Gasteiger partial charge is 0.355 e. The van der Waals surface area contributed by atoms with Crippen LogP contribution in [0.15, 0.2) is 71.7 Å². The van der Waals surface area contributed by atoms with E-state index in [1.54, 1.807) is 0 Å². The molecule has 24 heavy (non-hydrogen) atoms. The van der Waals surface area contributed by atoms with Gasteiger partial charge in [-0.2, -0.15) is 0 Å². The van der Waals surface area contributed by atoms with Crippen molar-refractivity contribution < 1.29 is 4.74 Å². The van der Waals surface area contributed by atoms with Gasteiger partial charge >= 0.3 is 0 Å². The maximum absolute atomic E-state index is 6.42. The standard InChI is InChI=1S/C21H24BrNO/c1-3-13-21(19-7-5-4-6-8-19)14-15-23(16-24-21)17(2)18-9-11-20(22)12-10-18/h3-12,17H,1,13-16H2,2H3/t17-,21+/m0/s1. The zero-order valence-corrected chi connectivity index (χ0v) is 15.7. The average molecular weight is 386 g/mol. The molecule has 0 aliphatic carbocycles. The van der Waals surface area contributed by atoms with Crippen LogP contribution in [0.5, 0.6) is 0 Å². The molecule has 0 saturated carbocycles. The maximum atomic E-state index is 6.42. The Kier molecular flexibility index (Phi) is 5.54. The van der Waals surface area contributed by atoms with E-state index in [1.165, 1.54) is 11.1 Å². The lowest BCUT2D eigenvalue weighted by Crippen LogP contribution is -2.45. The predicted molar refractivity (Wildman–Crippen MR) is 103 cm³/mol. The molecule has 3 heteroatoms. The number of hydrogen-bond acceptors (Lipinski definition) is 2. The third-order valence-electron chi connectivity index (χ3n) is 4.98. The van der Waals surface area contributed by atoms with Gasteiger partial charge in [-0.25, -0.2) is 0 Å². The Morgan fingerprint density at radius 1 is 1.21 bits per heavy atom. The second-order valence-corrected chi connectivity index (χ2v) is 7.33. The highest BCUT2D eigenvalue weighted by Gasteiger charge is 2.37. The molecule has 0 N–H and O–H groups in total. The number of hydrogen-bond donors (Lipinski definition) is 0. The summed E-state index contributed by atoms with van der Waals surface area (Å²) in [6.45, 7) is 7.84. The van der Waals surface area contributed by atoms with E-state index >= 15 is 0 Å². The summed E-state index contributed by atoms with van der Waals surface area (Å²) in [7, 11) is 0. The number of ether oxygens (including phenoxy) is 1. The lowest BCUT2D eigenvalue weighted by molar-refractivity contribution is -0.152. The van der Waals surface area contributed by atoms with E-state index in [9.17, 15) is 0 Å². The molecule has 0 aromatic heterocycles. The predicted octanol–water partition coefficient (Wildman–Crippen LogP) is 5.66. The summed E-state index contributed by atoms with van der Waals surface area (Å²) in [5, 5.41) is 0. The van der Waals surface area contributed by atoms with Gasteiger partial charge in [-0.05, 0) is 43.0 Å². The van der Waals surface area contributed by atoms with Crippen LogP contribution in [0.4, 0.5) is 0 Å². The Labute approximate surface area is 153 Å². The van der Waals surface area contributed by atoms with Crippen molar-refractivity contribution in [2.24, 2.45) is 0 Å². The van der Waals surface area contributed by atoms with Gasteiger partial charge in [0.15, 0.2) is 0 Å². The molecule has 0 spiro atoms. The first-order valence-electron chi connectivity index (χ1n) is 8.44. The fraction of sp³-hybridized carbons (Fsp3) is 0.333. The Hall–Kier alpha value is -1.42. The van der Waals surface area contributed by atoms with E-state index in [-0.39, 0.29) is 5.60 Å². The summed E-state index contributed by atoms with van der Waals surface area (Å²) >= 11 is 3.50. The zero-order chi connectivity index (χ0) is 17.0. The van der Waals surface area contributed by atoms with Crippen LogP contribution in [-0.4, -0.2) is 18.2 Å². The molecule has 0 radical (unpaired) electrons. The van der Waals surface area contributed by atoms with Gasteiger partial charge in [0.05, 0.1) is 5.60 Å². The van der Waals surface area contributed by atoms with Crippen LogP contribution in [0.1, 0.15) is 36.9 Å². The molecule has 0 unspecified atom stereocenters. The molecule has 2 aromatic rings. The van der Waals surface area contributed by atoms with Crippen molar-refractivity contribution in [1.82, 2.24) is 4.90 Å². The molecule has 1 saturated heterocycles. The van der Waals surface area contributed by atoms with Crippen LogP contribution in [0.2, 0.25) is 0 Å². The molecule has 2 nitrogen and oxygen atoms in total. The highest BCUT2D eigenvalue weighted by Crippen LogP contribution is 2.38. The molecule has 1 aliphatic rings. The molecular formula is C21H24BrNO. The highest BCUT2D eigenvalue weighted by atomic mass is 79.9. The van der Waals surface area contributed by atoms with Crippen molar-refractivity contribution in [1.29, 1.82) is 0 Å². The fourth-order valence-corrected chi connectivity index (χ4v) is 3.67. The number of benzene rings is 2. The monoisotopic (exact) mass is 385 g/mol. The minimum Gasteiger partial charge on any atom is -0.355 e. The SMILES string of the molecule is C=CC[C@]1(c2ccccc2)CCN([C@@H](C)c2ccc(Br)cc2)CO1. The quantitative estimate of drug-likeness (QED) is 0.615. The van der Waals surface area contributed by atoms with Crippen LogP contribution in [0.3, 0.4) is 0 Å². The van der Waals surface area contributed by atoms with Crippen molar-refractivity contribution in [2.45, 2.75) is 31.4 Å². The molecule has 1 heterocycles. The third kappa shape index (κ3) is 3.64. The van der Waals surface area contributed by atoms with Gasteiger partial charge < -0.3 is 4.74 Å². The number of rotatable bonds is 5. The summed E-state index contributed by atoms with van der Waals surface area (Å²) in [5.74, 6) is 0. The first-order valence-corrected chi connectivity index (χ1v) is 9.24. The van der Waals surface area contributed by atoms with Gasteiger partial charge in [-0.15, -0.1) is 6.58 Å². The van der Waals surface area contributed by atoms with Crippen LogP contribution < -0.4 is 0 Å². The zero-order valence-electron chi connectivity index (χ0n) is 14.1. The fourth-order valence-electron chi connectivity index (χ4n) is 3.41. The van der Waals surface area contributed by atoms with Crippen molar-refractivity contribution in [2.75, 3.05) is 13.3 Å². The van der Waals surface area contributed by atoms with E-state index in [1.807, 2.05) is 6.08 Å². The van der Waals surface area contributed by atoms with Gasteiger partial charge in [0.25, 0.3) is 0 Å². The van der Waals surface area contributed by atoms with Crippen LogP contribution in [-0.2, 0) is 10.3 Å². The number of nitrogens with zero attached hydrogens (tertiary/aromatic N) is 1. The van der Waals surface area contributed by atoms with Gasteiger partial charge in [-0.3, -0.25) is 4.90 Å². The van der Waals surface area contributed by atoms with Crippen LogP contribution in [0, 0.1) is 0 Å². The van der Waals surface area contributed by atoms with Gasteiger partial charge in [0, 0.05) is 17.1 Å². The minimum atomic E-state index is -0.237. The lowest BCUT2D eigenvalue weighted by Gasteiger charge is -2.44. The molecule has 3 rings (SSSR count). The van der Waals surface area contributed by atoms with Crippen molar-refractivity contribution in [3.63, 3.8) is 0 Å². The maximum Gasteiger partial charge on any atom is 0.101 e. The van der Waals surface area contributed by atoms with E-state index in [2.05, 4.69) is 88.9 Å². The molecule has 1 aliphatic heterocycles. The number of halogens is 1. The smallest absolute Gasteiger partial charge is 0.101 e. The normalized spacial score (nSPS) is 22.9. The van der Waals surface area contributed by atoms with Gasteiger partial charge in [0.1, 0.15) is 6.73 Å². The van der Waals surface area contributed by atoms with Gasteiger partial charge in [0.2, 0.25) is 0 Å². The Bertz CT molecular complexity index is 660. The highest BCUT2D eigenvalue weighted by molar-refractivity contribution is 9.10. The summed E-state index contributed by atoms with van der Waals surface area (Å²) in [5.41, 5.74) is 2.33. The van der Waals surface area contributed by atoms with Crippen molar-refractivity contribution in [3.8, 4) is 0 Å². The molecule has 0 amide bonds. The molecule has 1 fully saturated rings. The molecule has 126 valence electrons. The average Bonchev–Trinajstić information content (AvgIpc) is 2.63. The Morgan fingerprint density at radius 2 is 1.92 bits per heavy atom. The second-order valence-electron chi connectivity index (χ2n) is 6.42. The third-order valence-corrected chi connectivity index (χ3v) is 5.51. The topological polar surface area (TPSA) is 12.5 Å². The van der Waals surface area contributed by atoms with Crippen molar-refractivity contribution in [3.05, 3.63) is 82.9 Å².